The summed E-state index contributed by atoms with van der Waals surface area (Å²) in [6.07, 6.45) is 0. The van der Waals surface area contributed by atoms with Crippen molar-refractivity contribution in [3.05, 3.63) is 40.6 Å². The van der Waals surface area contributed by atoms with Crippen molar-refractivity contribution in [2.75, 3.05) is 28.4 Å². The van der Waals surface area contributed by atoms with Crippen LogP contribution in [0.2, 0.25) is 0 Å². The van der Waals surface area contributed by atoms with Gasteiger partial charge in [-0.3, -0.25) is 4.79 Å². The Bertz CT molecular complexity index is 1000. The van der Waals surface area contributed by atoms with Crippen LogP contribution in [-0.4, -0.2) is 33.5 Å². The number of fused-ring (bicyclic) bond motifs is 1. The maximum absolute atomic E-state index is 12.7. The fraction of sp³-hybridized carbons (Fsp3) is 0.211. The van der Waals surface area contributed by atoms with E-state index in [1.807, 2.05) is 0 Å². The summed E-state index contributed by atoms with van der Waals surface area (Å²) in [5.74, 6) is 0.888. The molecule has 0 aliphatic carbocycles. The molecule has 0 saturated heterocycles. The molecule has 3 aromatic rings. The predicted octanol–water partition coefficient (Wildman–Crippen LogP) is 3.20. The van der Waals surface area contributed by atoms with Gasteiger partial charge in [0, 0.05) is 11.6 Å². The van der Waals surface area contributed by atoms with Crippen molar-refractivity contribution in [2.24, 2.45) is 0 Å². The minimum Gasteiger partial charge on any atom is -0.502 e. The molecule has 2 aromatic carbocycles. The van der Waals surface area contributed by atoms with Gasteiger partial charge in [-0.05, 0) is 24.3 Å². The molecule has 3 rings (SSSR count). The van der Waals surface area contributed by atoms with E-state index in [1.165, 1.54) is 27.4 Å². The summed E-state index contributed by atoms with van der Waals surface area (Å²) < 4.78 is 26.7. The molecule has 0 radical (unpaired) electrons. The lowest BCUT2D eigenvalue weighted by molar-refractivity contribution is 0.312. The third kappa shape index (κ3) is 2.67. The van der Waals surface area contributed by atoms with E-state index in [2.05, 4.69) is 0 Å². The molecule has 0 fully saturated rings. The van der Waals surface area contributed by atoms with Crippen LogP contribution in [-0.2, 0) is 0 Å². The van der Waals surface area contributed by atoms with E-state index in [-0.39, 0.29) is 45.2 Å². The van der Waals surface area contributed by atoms with Crippen LogP contribution in [0, 0.1) is 0 Å². The molecule has 0 amide bonds. The maximum Gasteiger partial charge on any atom is 0.211 e. The monoisotopic (exact) mass is 358 g/mol. The Morgan fingerprint density at radius 3 is 2.00 bits per heavy atom. The molecule has 1 heterocycles. The first-order valence-electron chi connectivity index (χ1n) is 7.68. The number of hydrogen-bond acceptors (Lipinski definition) is 7. The van der Waals surface area contributed by atoms with Crippen molar-refractivity contribution < 1.29 is 28.5 Å². The minimum absolute atomic E-state index is 0.0203. The topological polar surface area (TPSA) is 87.4 Å². The molecule has 0 aliphatic rings. The van der Waals surface area contributed by atoms with Gasteiger partial charge in [0.1, 0.15) is 16.9 Å². The van der Waals surface area contributed by atoms with Gasteiger partial charge in [0.15, 0.2) is 16.8 Å². The summed E-state index contributed by atoms with van der Waals surface area (Å²) in [7, 11) is 5.72. The average Bonchev–Trinajstić information content (AvgIpc) is 2.67. The predicted molar refractivity (Wildman–Crippen MR) is 95.8 cm³/mol. The van der Waals surface area contributed by atoms with Gasteiger partial charge in [0.2, 0.25) is 17.2 Å². The summed E-state index contributed by atoms with van der Waals surface area (Å²) >= 11 is 0. The van der Waals surface area contributed by atoms with Crippen LogP contribution in [0.5, 0.6) is 28.7 Å². The third-order valence-corrected chi connectivity index (χ3v) is 4.00. The van der Waals surface area contributed by atoms with Crippen molar-refractivity contribution in [1.29, 1.82) is 0 Å². The Morgan fingerprint density at radius 1 is 0.846 bits per heavy atom. The molecule has 0 atom stereocenters. The summed E-state index contributed by atoms with van der Waals surface area (Å²) in [4.78, 5) is 12.7. The second-order valence-electron chi connectivity index (χ2n) is 5.36. The third-order valence-electron chi connectivity index (χ3n) is 4.00. The zero-order valence-electron chi connectivity index (χ0n) is 14.8. The van der Waals surface area contributed by atoms with Crippen LogP contribution < -0.4 is 24.4 Å². The van der Waals surface area contributed by atoms with Crippen molar-refractivity contribution >= 4 is 11.0 Å². The summed E-state index contributed by atoms with van der Waals surface area (Å²) in [6, 6.07) is 8.32. The van der Waals surface area contributed by atoms with E-state index >= 15 is 0 Å². The van der Waals surface area contributed by atoms with Gasteiger partial charge < -0.3 is 28.5 Å². The first kappa shape index (κ1) is 17.5. The highest BCUT2D eigenvalue weighted by molar-refractivity contribution is 5.95. The highest BCUT2D eigenvalue weighted by atomic mass is 16.5. The number of rotatable bonds is 5. The van der Waals surface area contributed by atoms with Gasteiger partial charge in [-0.2, -0.15) is 0 Å². The van der Waals surface area contributed by atoms with Crippen molar-refractivity contribution in [3.63, 3.8) is 0 Å². The number of benzene rings is 2. The second-order valence-corrected chi connectivity index (χ2v) is 5.36. The zero-order chi connectivity index (χ0) is 18.8. The molecule has 0 bridgehead atoms. The Balaban J connectivity index is 2.34. The van der Waals surface area contributed by atoms with Crippen LogP contribution in [0.4, 0.5) is 0 Å². The fourth-order valence-corrected chi connectivity index (χ4v) is 2.77. The highest BCUT2D eigenvalue weighted by Crippen LogP contribution is 2.49. The average molecular weight is 358 g/mol. The lowest BCUT2D eigenvalue weighted by Gasteiger charge is -2.16. The van der Waals surface area contributed by atoms with Crippen molar-refractivity contribution in [2.45, 2.75) is 0 Å². The van der Waals surface area contributed by atoms with Crippen LogP contribution in [0.25, 0.3) is 22.3 Å². The van der Waals surface area contributed by atoms with E-state index in [1.54, 1.807) is 31.4 Å². The molecule has 0 aliphatic heterocycles. The normalized spacial score (nSPS) is 10.6. The van der Waals surface area contributed by atoms with Gasteiger partial charge >= 0.3 is 0 Å². The number of aromatic hydroxyl groups is 1. The molecule has 7 nitrogen and oxygen atoms in total. The Labute approximate surface area is 149 Å². The number of phenols is 1. The molecule has 1 aromatic heterocycles. The molecule has 0 unspecified atom stereocenters. The Kier molecular flexibility index (Phi) is 4.62. The Morgan fingerprint density at radius 2 is 1.46 bits per heavy atom. The van der Waals surface area contributed by atoms with Gasteiger partial charge in [-0.15, -0.1) is 0 Å². The van der Waals surface area contributed by atoms with Gasteiger partial charge in [0.25, 0.3) is 0 Å². The maximum atomic E-state index is 12.7. The molecule has 1 N–H and O–H groups in total. The molecule has 7 heteroatoms. The molecule has 0 spiro atoms. The first-order valence-corrected chi connectivity index (χ1v) is 7.68. The fourth-order valence-electron chi connectivity index (χ4n) is 2.77. The van der Waals surface area contributed by atoms with E-state index in [9.17, 15) is 9.90 Å². The van der Waals surface area contributed by atoms with Crippen molar-refractivity contribution in [1.82, 2.24) is 0 Å². The first-order chi connectivity index (χ1) is 12.5. The molecular weight excluding hydrogens is 340 g/mol. The highest BCUT2D eigenvalue weighted by Gasteiger charge is 2.26. The molecule has 0 saturated carbocycles. The lowest BCUT2D eigenvalue weighted by Crippen LogP contribution is -2.05. The number of hydrogen-bond donors (Lipinski definition) is 1. The number of methoxy groups -OCH3 is 4. The second kappa shape index (κ2) is 6.87. The summed E-state index contributed by atoms with van der Waals surface area (Å²) in [5.41, 5.74) is 0.223. The van der Waals surface area contributed by atoms with E-state index in [4.69, 9.17) is 23.4 Å². The SMILES string of the molecule is COc1ccc(-c2cc(=O)c3c(OC)c(OC)c(OC)c(O)c3o2)cc1. The summed E-state index contributed by atoms with van der Waals surface area (Å²) in [5, 5.41) is 10.6. The Hall–Kier alpha value is -3.35. The van der Waals surface area contributed by atoms with Gasteiger partial charge in [-0.1, -0.05) is 0 Å². The van der Waals surface area contributed by atoms with Crippen LogP contribution in [0.15, 0.2) is 39.5 Å². The van der Waals surface area contributed by atoms with Gasteiger partial charge in [0.05, 0.1) is 28.4 Å². The van der Waals surface area contributed by atoms with Crippen LogP contribution in [0.1, 0.15) is 0 Å². The molecule has 26 heavy (non-hydrogen) atoms. The van der Waals surface area contributed by atoms with E-state index in [0.717, 1.165) is 0 Å². The van der Waals surface area contributed by atoms with E-state index < -0.39 is 0 Å². The minimum atomic E-state index is -0.384. The molecule has 136 valence electrons. The summed E-state index contributed by atoms with van der Waals surface area (Å²) in [6.45, 7) is 0. The number of phenolic OH excluding ortho intramolecular Hbond substituents is 1. The van der Waals surface area contributed by atoms with E-state index in [0.29, 0.717) is 11.3 Å². The van der Waals surface area contributed by atoms with Gasteiger partial charge in [-0.25, -0.2) is 0 Å². The smallest absolute Gasteiger partial charge is 0.211 e. The van der Waals surface area contributed by atoms with Crippen LogP contribution in [0.3, 0.4) is 0 Å². The van der Waals surface area contributed by atoms with Crippen LogP contribution >= 0.6 is 0 Å². The molecular formula is C19H18O7. The zero-order valence-corrected chi connectivity index (χ0v) is 14.8. The lowest BCUT2D eigenvalue weighted by atomic mass is 10.1. The quantitative estimate of drug-likeness (QED) is 0.749. The standard InChI is InChI=1S/C19H18O7/c1-22-11-7-5-10(6-8-11)13-9-12(20)14-16(26-13)15(21)18(24-3)19(25-4)17(14)23-2/h5-9,21H,1-4H3. The number of ether oxygens (including phenoxy) is 4. The largest absolute Gasteiger partial charge is 0.502 e. The van der Waals surface area contributed by atoms with Crippen molar-refractivity contribution in [3.8, 4) is 40.1 Å².